The number of carbonyl (C=O) groups is 2. The molecule has 0 unspecified atom stereocenters. The maximum Gasteiger partial charge on any atom is 0.228 e. The Morgan fingerprint density at radius 2 is 1.89 bits per heavy atom. The standard InChI is InChI=1S/C30H31N3O5/c34-18-27-30-25(15-23(37-27)16-29(36)33-12-9-20-3-1-2-4-21(20)17-33)24-14-22(5-6-26(24)38-30)32-28(35)13-19-7-10-31-11-8-19/h1-8,10-11,14,23,25,27,30,34H,9,12-13,15-18H2,(H,32,35)/t23-,25+,27-,30-/m0/s1. The molecule has 0 saturated carbocycles. The number of anilines is 1. The SMILES string of the molecule is O=C(Cc1ccncc1)Nc1ccc2c(c1)[C@H]1C[C@@H](CC(=O)N3CCc4ccccc4C3)O[C@@H](CO)[C@H]1O2. The van der Waals surface area contributed by atoms with E-state index in [-0.39, 0.29) is 49.4 Å². The second kappa shape index (κ2) is 10.6. The van der Waals surface area contributed by atoms with E-state index >= 15 is 0 Å². The zero-order valence-electron chi connectivity index (χ0n) is 21.1. The maximum atomic E-state index is 13.2. The zero-order valence-corrected chi connectivity index (χ0v) is 21.1. The van der Waals surface area contributed by atoms with Crippen LogP contribution in [0.4, 0.5) is 5.69 Å². The number of pyridine rings is 1. The largest absolute Gasteiger partial charge is 0.487 e. The molecule has 0 aliphatic carbocycles. The van der Waals surface area contributed by atoms with Crippen molar-refractivity contribution in [2.45, 2.75) is 56.5 Å². The van der Waals surface area contributed by atoms with E-state index in [0.717, 1.165) is 23.3 Å². The zero-order chi connectivity index (χ0) is 26.1. The van der Waals surface area contributed by atoms with Crippen molar-refractivity contribution < 1.29 is 24.2 Å². The number of hydrogen-bond donors (Lipinski definition) is 2. The molecule has 1 saturated heterocycles. The van der Waals surface area contributed by atoms with E-state index in [1.165, 1.54) is 11.1 Å². The quantitative estimate of drug-likeness (QED) is 0.525. The van der Waals surface area contributed by atoms with Gasteiger partial charge in [0, 0.05) is 42.7 Å². The van der Waals surface area contributed by atoms with Crippen LogP contribution in [0, 0.1) is 0 Å². The number of aromatic nitrogens is 1. The van der Waals surface area contributed by atoms with Gasteiger partial charge in [0.25, 0.3) is 0 Å². The highest BCUT2D eigenvalue weighted by atomic mass is 16.6. The predicted molar refractivity (Wildman–Crippen MR) is 141 cm³/mol. The third kappa shape index (κ3) is 5.01. The Kier molecular flexibility index (Phi) is 6.82. The lowest BCUT2D eigenvalue weighted by Gasteiger charge is -2.38. The van der Waals surface area contributed by atoms with Crippen molar-refractivity contribution in [3.8, 4) is 5.75 Å². The van der Waals surface area contributed by atoms with Crippen LogP contribution < -0.4 is 10.1 Å². The van der Waals surface area contributed by atoms with Crippen molar-refractivity contribution in [2.75, 3.05) is 18.5 Å². The van der Waals surface area contributed by atoms with Crippen LogP contribution in [0.25, 0.3) is 0 Å². The van der Waals surface area contributed by atoms with Gasteiger partial charge >= 0.3 is 0 Å². The third-order valence-electron chi connectivity index (χ3n) is 7.78. The van der Waals surface area contributed by atoms with Crippen LogP contribution in [-0.4, -0.2) is 58.3 Å². The van der Waals surface area contributed by atoms with E-state index in [1.807, 2.05) is 47.4 Å². The van der Waals surface area contributed by atoms with E-state index in [4.69, 9.17) is 9.47 Å². The monoisotopic (exact) mass is 513 g/mol. The second-order valence-corrected chi connectivity index (χ2v) is 10.3. The van der Waals surface area contributed by atoms with Crippen molar-refractivity contribution >= 4 is 17.5 Å². The van der Waals surface area contributed by atoms with Crippen LogP contribution in [0.3, 0.4) is 0 Å². The van der Waals surface area contributed by atoms with E-state index in [2.05, 4.69) is 22.4 Å². The van der Waals surface area contributed by atoms with Gasteiger partial charge in [-0.25, -0.2) is 0 Å². The van der Waals surface area contributed by atoms with Gasteiger partial charge in [-0.05, 0) is 59.9 Å². The first-order chi connectivity index (χ1) is 18.6. The van der Waals surface area contributed by atoms with Crippen molar-refractivity contribution in [2.24, 2.45) is 0 Å². The Morgan fingerprint density at radius 3 is 2.71 bits per heavy atom. The van der Waals surface area contributed by atoms with E-state index < -0.39 is 6.10 Å². The van der Waals surface area contributed by atoms with Gasteiger partial charge in [0.05, 0.1) is 25.6 Å². The summed E-state index contributed by atoms with van der Waals surface area (Å²) in [7, 11) is 0. The molecule has 8 nitrogen and oxygen atoms in total. The second-order valence-electron chi connectivity index (χ2n) is 10.3. The van der Waals surface area contributed by atoms with Gasteiger partial charge in [-0.15, -0.1) is 0 Å². The molecule has 3 aromatic rings. The number of nitrogens with zero attached hydrogens (tertiary/aromatic N) is 2. The molecule has 1 aromatic heterocycles. The summed E-state index contributed by atoms with van der Waals surface area (Å²) >= 11 is 0. The van der Waals surface area contributed by atoms with Crippen LogP contribution in [0.1, 0.15) is 41.0 Å². The van der Waals surface area contributed by atoms with Crippen LogP contribution in [0.15, 0.2) is 67.0 Å². The number of carbonyl (C=O) groups excluding carboxylic acids is 2. The molecule has 38 heavy (non-hydrogen) atoms. The first kappa shape index (κ1) is 24.6. The minimum atomic E-state index is -0.522. The minimum absolute atomic E-state index is 0.0344. The summed E-state index contributed by atoms with van der Waals surface area (Å²) in [6.07, 6.45) is 4.15. The van der Waals surface area contributed by atoms with Gasteiger partial charge in [0.1, 0.15) is 18.0 Å². The Hall–Kier alpha value is -3.75. The molecule has 0 radical (unpaired) electrons. The van der Waals surface area contributed by atoms with Crippen molar-refractivity contribution in [3.05, 3.63) is 89.2 Å². The molecule has 4 atom stereocenters. The maximum absolute atomic E-state index is 13.2. The number of benzene rings is 2. The number of hydrogen-bond acceptors (Lipinski definition) is 6. The molecule has 2 amide bonds. The third-order valence-corrected chi connectivity index (χ3v) is 7.78. The van der Waals surface area contributed by atoms with Crippen LogP contribution in [-0.2, 0) is 33.7 Å². The fraction of sp³-hybridized carbons (Fsp3) is 0.367. The van der Waals surface area contributed by atoms with Crippen LogP contribution >= 0.6 is 0 Å². The Bertz CT molecular complexity index is 1330. The van der Waals surface area contributed by atoms with Crippen molar-refractivity contribution in [3.63, 3.8) is 0 Å². The molecule has 3 aliphatic heterocycles. The number of aliphatic hydroxyl groups excluding tert-OH is 1. The normalized spacial score (nSPS) is 23.6. The lowest BCUT2D eigenvalue weighted by Crippen LogP contribution is -2.48. The number of amides is 2. The smallest absolute Gasteiger partial charge is 0.228 e. The topological polar surface area (TPSA) is 101 Å². The predicted octanol–water partition coefficient (Wildman–Crippen LogP) is 3.23. The first-order valence-electron chi connectivity index (χ1n) is 13.2. The molecule has 196 valence electrons. The summed E-state index contributed by atoms with van der Waals surface area (Å²) in [5.41, 5.74) is 5.06. The molecule has 2 aromatic carbocycles. The van der Waals surface area contributed by atoms with Crippen LogP contribution in [0.2, 0.25) is 0 Å². The van der Waals surface area contributed by atoms with Gasteiger partial charge in [-0.1, -0.05) is 24.3 Å². The molecular weight excluding hydrogens is 482 g/mol. The number of fused-ring (bicyclic) bond motifs is 4. The lowest BCUT2D eigenvalue weighted by molar-refractivity contribution is -0.149. The highest BCUT2D eigenvalue weighted by Crippen LogP contribution is 2.47. The molecule has 6 rings (SSSR count). The average Bonchev–Trinajstić information content (AvgIpc) is 3.30. The Balaban J connectivity index is 1.14. The Labute approximate surface area is 221 Å². The van der Waals surface area contributed by atoms with Crippen molar-refractivity contribution in [1.29, 1.82) is 0 Å². The highest BCUT2D eigenvalue weighted by molar-refractivity contribution is 5.92. The van der Waals surface area contributed by atoms with Gasteiger partial charge < -0.3 is 24.8 Å². The summed E-state index contributed by atoms with van der Waals surface area (Å²) in [4.78, 5) is 31.7. The fourth-order valence-electron chi connectivity index (χ4n) is 5.89. The molecule has 0 bridgehead atoms. The van der Waals surface area contributed by atoms with Gasteiger partial charge in [0.15, 0.2) is 0 Å². The van der Waals surface area contributed by atoms with Gasteiger partial charge in [-0.3, -0.25) is 14.6 Å². The number of rotatable bonds is 6. The Morgan fingerprint density at radius 1 is 1.08 bits per heavy atom. The van der Waals surface area contributed by atoms with Crippen LogP contribution in [0.5, 0.6) is 5.75 Å². The fourth-order valence-corrected chi connectivity index (χ4v) is 5.89. The lowest BCUT2D eigenvalue weighted by atomic mass is 9.84. The highest BCUT2D eigenvalue weighted by Gasteiger charge is 2.46. The molecular formula is C30H31N3O5. The molecule has 0 spiro atoms. The minimum Gasteiger partial charge on any atom is -0.487 e. The van der Waals surface area contributed by atoms with E-state index in [9.17, 15) is 14.7 Å². The molecule has 4 heterocycles. The number of aliphatic hydroxyl groups is 1. The summed E-state index contributed by atoms with van der Waals surface area (Å²) in [5, 5.41) is 13.1. The van der Waals surface area contributed by atoms with Gasteiger partial charge in [-0.2, -0.15) is 0 Å². The van der Waals surface area contributed by atoms with E-state index in [1.54, 1.807) is 12.4 Å². The molecule has 8 heteroatoms. The molecule has 1 fully saturated rings. The summed E-state index contributed by atoms with van der Waals surface area (Å²) in [6.45, 7) is 1.13. The molecule has 3 aliphatic rings. The summed E-state index contributed by atoms with van der Waals surface area (Å²) in [5.74, 6) is 0.649. The average molecular weight is 514 g/mol. The molecule has 2 N–H and O–H groups in total. The number of ether oxygens (including phenoxy) is 2. The van der Waals surface area contributed by atoms with E-state index in [0.29, 0.717) is 25.2 Å². The number of nitrogens with one attached hydrogen (secondary N) is 1. The first-order valence-corrected chi connectivity index (χ1v) is 13.2. The summed E-state index contributed by atoms with van der Waals surface area (Å²) < 4.78 is 12.4. The van der Waals surface area contributed by atoms with Crippen molar-refractivity contribution in [1.82, 2.24) is 9.88 Å². The van der Waals surface area contributed by atoms with Gasteiger partial charge in [0.2, 0.25) is 11.8 Å². The summed E-state index contributed by atoms with van der Waals surface area (Å²) in [6, 6.07) is 17.5.